The third kappa shape index (κ3) is 2.86. The molecule has 0 aliphatic carbocycles. The van der Waals surface area contributed by atoms with Crippen LogP contribution in [-0.4, -0.2) is 32.5 Å². The number of hydrogen-bond donors (Lipinski definition) is 0. The van der Waals surface area contributed by atoms with Crippen molar-refractivity contribution in [2.45, 2.75) is 25.3 Å². The molecule has 3 heterocycles. The van der Waals surface area contributed by atoms with Gasteiger partial charge >= 0.3 is 0 Å². The summed E-state index contributed by atoms with van der Waals surface area (Å²) in [4.78, 5) is 11.3. The van der Waals surface area contributed by atoms with Crippen molar-refractivity contribution in [2.75, 3.05) is 13.1 Å². The lowest BCUT2D eigenvalue weighted by atomic mass is 9.94. The van der Waals surface area contributed by atoms with Crippen LogP contribution in [0.15, 0.2) is 49.1 Å². The molecule has 1 saturated heterocycles. The summed E-state index contributed by atoms with van der Waals surface area (Å²) in [7, 11) is 2.13. The fraction of sp³-hybridized carbons (Fsp3) is 0.368. The molecule has 2 aromatic heterocycles. The van der Waals surface area contributed by atoms with Crippen LogP contribution in [0.1, 0.15) is 30.0 Å². The number of rotatable bonds is 3. The van der Waals surface area contributed by atoms with Gasteiger partial charge in [-0.3, -0.25) is 14.9 Å². The minimum Gasteiger partial charge on any atom is -0.350 e. The Morgan fingerprint density at radius 2 is 2.13 bits per heavy atom. The molecule has 0 amide bonds. The number of fused-ring (bicyclic) bond motifs is 1. The van der Waals surface area contributed by atoms with E-state index in [1.807, 2.05) is 6.20 Å². The van der Waals surface area contributed by atoms with Gasteiger partial charge in [-0.2, -0.15) is 0 Å². The first-order chi connectivity index (χ1) is 11.3. The van der Waals surface area contributed by atoms with Crippen molar-refractivity contribution in [3.8, 4) is 0 Å². The highest BCUT2D eigenvalue weighted by Gasteiger charge is 2.23. The summed E-state index contributed by atoms with van der Waals surface area (Å²) in [6, 6.07) is 8.66. The largest absolute Gasteiger partial charge is 0.350 e. The van der Waals surface area contributed by atoms with E-state index in [1.54, 1.807) is 12.4 Å². The molecule has 1 aliphatic rings. The van der Waals surface area contributed by atoms with Crippen LogP contribution in [-0.2, 0) is 13.6 Å². The predicted molar refractivity (Wildman–Crippen MR) is 92.2 cm³/mol. The predicted octanol–water partition coefficient (Wildman–Crippen LogP) is 3.35. The molecule has 118 valence electrons. The number of hydrogen-bond acceptors (Lipinski definition) is 3. The van der Waals surface area contributed by atoms with Gasteiger partial charge in [-0.25, -0.2) is 0 Å². The number of likely N-dealkylation sites (tertiary alicyclic amines) is 1. The zero-order chi connectivity index (χ0) is 15.6. The first kappa shape index (κ1) is 14.4. The summed E-state index contributed by atoms with van der Waals surface area (Å²) in [5.41, 5.74) is 3.86. The number of aromatic nitrogens is 3. The molecular weight excluding hydrogens is 284 g/mol. The summed E-state index contributed by atoms with van der Waals surface area (Å²) >= 11 is 0. The molecule has 0 bridgehead atoms. The number of benzene rings is 1. The molecule has 23 heavy (non-hydrogen) atoms. The molecule has 0 spiro atoms. The highest BCUT2D eigenvalue weighted by Crippen LogP contribution is 2.28. The second kappa shape index (κ2) is 6.13. The smallest absolute Gasteiger partial charge is 0.0630 e. The van der Waals surface area contributed by atoms with Gasteiger partial charge < -0.3 is 4.57 Å². The molecule has 0 radical (unpaired) electrons. The molecule has 3 aromatic rings. The van der Waals surface area contributed by atoms with Gasteiger partial charge in [-0.15, -0.1) is 0 Å². The molecule has 1 aliphatic heterocycles. The normalized spacial score (nSPS) is 19.3. The Morgan fingerprint density at radius 1 is 1.22 bits per heavy atom. The molecular formula is C19H22N4. The lowest BCUT2D eigenvalue weighted by Crippen LogP contribution is -2.34. The summed E-state index contributed by atoms with van der Waals surface area (Å²) in [5, 5.41) is 1.37. The van der Waals surface area contributed by atoms with E-state index < -0.39 is 0 Å². The summed E-state index contributed by atoms with van der Waals surface area (Å²) in [5.74, 6) is 0.507. The Labute approximate surface area is 136 Å². The molecule has 0 unspecified atom stereocenters. The van der Waals surface area contributed by atoms with Crippen LogP contribution in [0.4, 0.5) is 0 Å². The third-order valence-corrected chi connectivity index (χ3v) is 4.88. The van der Waals surface area contributed by atoms with Crippen LogP contribution in [0.3, 0.4) is 0 Å². The van der Waals surface area contributed by atoms with Crippen molar-refractivity contribution in [1.82, 2.24) is 19.4 Å². The minimum atomic E-state index is 0.507. The fourth-order valence-electron chi connectivity index (χ4n) is 3.75. The van der Waals surface area contributed by atoms with Crippen molar-refractivity contribution in [3.05, 3.63) is 60.3 Å². The van der Waals surface area contributed by atoms with Crippen molar-refractivity contribution in [2.24, 2.45) is 7.05 Å². The molecule has 4 heteroatoms. The van der Waals surface area contributed by atoms with Crippen molar-refractivity contribution in [1.29, 1.82) is 0 Å². The fourth-order valence-corrected chi connectivity index (χ4v) is 3.75. The Morgan fingerprint density at radius 3 is 3.00 bits per heavy atom. The Bertz CT molecular complexity index is 793. The van der Waals surface area contributed by atoms with E-state index in [4.69, 9.17) is 0 Å². The molecule has 4 nitrogen and oxygen atoms in total. The highest BCUT2D eigenvalue weighted by molar-refractivity contribution is 5.83. The van der Waals surface area contributed by atoms with E-state index in [0.29, 0.717) is 5.92 Å². The van der Waals surface area contributed by atoms with Crippen LogP contribution in [0.2, 0.25) is 0 Å². The maximum atomic E-state index is 4.50. The second-order valence-electron chi connectivity index (χ2n) is 6.49. The van der Waals surface area contributed by atoms with Gasteiger partial charge in [0.25, 0.3) is 0 Å². The number of nitrogens with zero attached hydrogens (tertiary/aromatic N) is 4. The molecule has 1 aromatic carbocycles. The molecule has 4 rings (SSSR count). The van der Waals surface area contributed by atoms with Gasteiger partial charge in [0, 0.05) is 61.7 Å². The SMILES string of the molecule is Cn1cc(CN2CCC[C@@H](c3cnccn3)C2)c2ccccc21. The zero-order valence-electron chi connectivity index (χ0n) is 13.5. The van der Waals surface area contributed by atoms with E-state index in [0.717, 1.165) is 18.8 Å². The Hall–Kier alpha value is -2.20. The van der Waals surface area contributed by atoms with Crippen LogP contribution < -0.4 is 0 Å². The van der Waals surface area contributed by atoms with E-state index in [1.165, 1.54) is 35.9 Å². The van der Waals surface area contributed by atoms with Crippen LogP contribution in [0, 0.1) is 0 Å². The maximum Gasteiger partial charge on any atom is 0.0630 e. The van der Waals surface area contributed by atoms with Crippen LogP contribution >= 0.6 is 0 Å². The average molecular weight is 306 g/mol. The van der Waals surface area contributed by atoms with Gasteiger partial charge in [-0.1, -0.05) is 18.2 Å². The summed E-state index contributed by atoms with van der Waals surface area (Å²) in [6.07, 6.45) is 10.2. The van der Waals surface area contributed by atoms with Crippen LogP contribution in [0.25, 0.3) is 10.9 Å². The van der Waals surface area contributed by atoms with Gasteiger partial charge in [-0.05, 0) is 31.0 Å². The number of para-hydroxylation sites is 1. The summed E-state index contributed by atoms with van der Waals surface area (Å²) in [6.45, 7) is 3.25. The maximum absolute atomic E-state index is 4.50. The quantitative estimate of drug-likeness (QED) is 0.744. The van der Waals surface area contributed by atoms with E-state index in [2.05, 4.69) is 56.9 Å². The second-order valence-corrected chi connectivity index (χ2v) is 6.49. The van der Waals surface area contributed by atoms with Gasteiger partial charge in [0.05, 0.1) is 5.69 Å². The molecule has 0 saturated carbocycles. The van der Waals surface area contributed by atoms with Crippen LogP contribution in [0.5, 0.6) is 0 Å². The zero-order valence-corrected chi connectivity index (χ0v) is 13.5. The van der Waals surface area contributed by atoms with Crippen molar-refractivity contribution >= 4 is 10.9 Å². The van der Waals surface area contributed by atoms with Crippen molar-refractivity contribution < 1.29 is 0 Å². The van der Waals surface area contributed by atoms with Gasteiger partial charge in [0.1, 0.15) is 0 Å². The average Bonchev–Trinajstić information content (AvgIpc) is 2.92. The first-order valence-electron chi connectivity index (χ1n) is 8.32. The minimum absolute atomic E-state index is 0.507. The van der Waals surface area contributed by atoms with Crippen molar-refractivity contribution in [3.63, 3.8) is 0 Å². The van der Waals surface area contributed by atoms with E-state index in [9.17, 15) is 0 Å². The van der Waals surface area contributed by atoms with Gasteiger partial charge in [0.2, 0.25) is 0 Å². The lowest BCUT2D eigenvalue weighted by Gasteiger charge is -2.32. The molecule has 1 fully saturated rings. The summed E-state index contributed by atoms with van der Waals surface area (Å²) < 4.78 is 2.23. The number of piperidine rings is 1. The first-order valence-corrected chi connectivity index (χ1v) is 8.32. The molecule has 0 N–H and O–H groups in total. The lowest BCUT2D eigenvalue weighted by molar-refractivity contribution is 0.199. The van der Waals surface area contributed by atoms with E-state index in [-0.39, 0.29) is 0 Å². The molecule has 1 atom stereocenters. The number of aryl methyl sites for hydroxylation is 1. The monoisotopic (exact) mass is 306 g/mol. The topological polar surface area (TPSA) is 34.0 Å². The standard InChI is InChI=1S/C19H22N4/c1-22-12-16(17-6-2-3-7-19(17)22)14-23-10-4-5-15(13-23)18-11-20-8-9-21-18/h2-3,6-9,11-12,15H,4-5,10,13-14H2,1H3/t15-/m1/s1. The van der Waals surface area contributed by atoms with Gasteiger partial charge in [0.15, 0.2) is 0 Å². The Balaban J connectivity index is 1.54. The third-order valence-electron chi connectivity index (χ3n) is 4.88. The Kier molecular flexibility index (Phi) is 3.83. The highest BCUT2D eigenvalue weighted by atomic mass is 15.1. The van der Waals surface area contributed by atoms with E-state index >= 15 is 0 Å².